The summed E-state index contributed by atoms with van der Waals surface area (Å²) in [5.41, 5.74) is 3.65. The van der Waals surface area contributed by atoms with Gasteiger partial charge >= 0.3 is 0 Å². The molecule has 0 unspecified atom stereocenters. The molecule has 0 atom stereocenters. The molecule has 6 heteroatoms. The van der Waals surface area contributed by atoms with Crippen LogP contribution >= 0.6 is 0 Å². The van der Waals surface area contributed by atoms with Gasteiger partial charge in [-0.05, 0) is 37.1 Å². The molecule has 2 heterocycles. The second-order valence-electron chi connectivity index (χ2n) is 6.10. The number of aromatic nitrogens is 4. The number of amides is 1. The molecule has 2 aromatic carbocycles. The number of carbonyl (C=O) groups excluding carboxylic acids is 1. The summed E-state index contributed by atoms with van der Waals surface area (Å²) in [5, 5.41) is 17.6. The lowest BCUT2D eigenvalue weighted by Crippen LogP contribution is -2.09. The van der Waals surface area contributed by atoms with Crippen LogP contribution in [0.2, 0.25) is 0 Å². The minimum Gasteiger partial charge on any atom is -0.322 e. The highest BCUT2D eigenvalue weighted by Crippen LogP contribution is 2.19. The van der Waals surface area contributed by atoms with E-state index in [9.17, 15) is 4.79 Å². The van der Waals surface area contributed by atoms with Gasteiger partial charge in [0.05, 0.1) is 6.20 Å². The average molecular weight is 343 g/mol. The first kappa shape index (κ1) is 16.0. The van der Waals surface area contributed by atoms with Gasteiger partial charge in [-0.25, -0.2) is 0 Å². The third-order valence-electron chi connectivity index (χ3n) is 4.43. The first-order valence-corrected chi connectivity index (χ1v) is 8.28. The smallest absolute Gasteiger partial charge is 0.248 e. The van der Waals surface area contributed by atoms with Gasteiger partial charge in [0, 0.05) is 22.5 Å². The Morgan fingerprint density at radius 3 is 2.81 bits per heavy atom. The summed E-state index contributed by atoms with van der Waals surface area (Å²) in [6, 6.07) is 13.7. The van der Waals surface area contributed by atoms with Crippen LogP contribution in [0.1, 0.15) is 17.0 Å². The zero-order valence-electron chi connectivity index (χ0n) is 14.5. The maximum absolute atomic E-state index is 12.2. The first-order valence-electron chi connectivity index (χ1n) is 8.28. The van der Waals surface area contributed by atoms with Crippen molar-refractivity contribution in [3.05, 3.63) is 71.7 Å². The summed E-state index contributed by atoms with van der Waals surface area (Å²) >= 11 is 0. The van der Waals surface area contributed by atoms with Gasteiger partial charge < -0.3 is 5.32 Å². The molecule has 128 valence electrons. The Labute approximate surface area is 150 Å². The molecule has 1 N–H and O–H groups in total. The van der Waals surface area contributed by atoms with Crippen LogP contribution in [-0.2, 0) is 4.79 Å². The molecule has 0 spiro atoms. The van der Waals surface area contributed by atoms with Gasteiger partial charge in [0.1, 0.15) is 0 Å². The number of nitrogens with one attached hydrogen (secondary N) is 1. The molecule has 2 aromatic heterocycles. The van der Waals surface area contributed by atoms with Crippen molar-refractivity contribution >= 4 is 34.1 Å². The Kier molecular flexibility index (Phi) is 3.93. The number of carbonyl (C=O) groups is 1. The Morgan fingerprint density at radius 1 is 1.08 bits per heavy atom. The van der Waals surface area contributed by atoms with Crippen LogP contribution in [0.4, 0.5) is 5.69 Å². The molecular formula is C20H17N5O. The van der Waals surface area contributed by atoms with Crippen molar-refractivity contribution in [2.75, 3.05) is 5.32 Å². The highest BCUT2D eigenvalue weighted by molar-refractivity contribution is 6.02. The lowest BCUT2D eigenvalue weighted by atomic mass is 10.1. The van der Waals surface area contributed by atoms with Gasteiger partial charge in [-0.3, -0.25) is 4.79 Å². The van der Waals surface area contributed by atoms with E-state index < -0.39 is 0 Å². The summed E-state index contributed by atoms with van der Waals surface area (Å²) < 4.78 is 1.63. The Hall–Kier alpha value is -3.54. The molecule has 0 aliphatic rings. The first-order chi connectivity index (χ1) is 12.6. The van der Waals surface area contributed by atoms with Crippen LogP contribution in [0.25, 0.3) is 22.5 Å². The third kappa shape index (κ3) is 2.82. The van der Waals surface area contributed by atoms with Crippen LogP contribution in [0.15, 0.2) is 54.7 Å². The fraction of sp³-hybridized carbons (Fsp3) is 0.100. The van der Waals surface area contributed by atoms with Crippen LogP contribution in [0.5, 0.6) is 0 Å². The maximum Gasteiger partial charge on any atom is 0.248 e. The van der Waals surface area contributed by atoms with Crippen molar-refractivity contribution < 1.29 is 4.79 Å². The summed E-state index contributed by atoms with van der Waals surface area (Å²) in [6.07, 6.45) is 4.82. The van der Waals surface area contributed by atoms with Crippen molar-refractivity contribution in [1.29, 1.82) is 0 Å². The molecule has 6 nitrogen and oxygen atoms in total. The quantitative estimate of drug-likeness (QED) is 0.578. The molecular weight excluding hydrogens is 326 g/mol. The van der Waals surface area contributed by atoms with Gasteiger partial charge in [0.2, 0.25) is 5.91 Å². The third-order valence-corrected chi connectivity index (χ3v) is 4.43. The number of hydrogen-bond acceptors (Lipinski definition) is 4. The standard InChI is InChI=1S/C20H17N5O/c1-13-6-5-9-17(14(13)2)22-19(26)11-10-18-23-24-20-16-8-4-3-7-15(16)12-21-25(18)20/h3-12H,1-2H3,(H,22,26)/b11-10+. The fourth-order valence-corrected chi connectivity index (χ4v) is 2.82. The van der Waals surface area contributed by atoms with Crippen LogP contribution in [0, 0.1) is 13.8 Å². The summed E-state index contributed by atoms with van der Waals surface area (Å²) in [5.74, 6) is 0.276. The van der Waals surface area contributed by atoms with E-state index in [1.54, 1.807) is 16.8 Å². The number of aryl methyl sites for hydroxylation is 1. The number of anilines is 1. The number of nitrogens with zero attached hydrogens (tertiary/aromatic N) is 4. The van der Waals surface area contributed by atoms with Crippen molar-refractivity contribution in [3.63, 3.8) is 0 Å². The average Bonchev–Trinajstić information content (AvgIpc) is 3.07. The Bertz CT molecular complexity index is 1160. The predicted octanol–water partition coefficient (Wildman–Crippen LogP) is 3.55. The van der Waals surface area contributed by atoms with Crippen LogP contribution in [0.3, 0.4) is 0 Å². The van der Waals surface area contributed by atoms with Crippen molar-refractivity contribution in [2.45, 2.75) is 13.8 Å². The molecule has 1 amide bonds. The van der Waals surface area contributed by atoms with E-state index in [0.717, 1.165) is 27.6 Å². The van der Waals surface area contributed by atoms with Crippen molar-refractivity contribution in [3.8, 4) is 0 Å². The van der Waals surface area contributed by atoms with Crippen molar-refractivity contribution in [1.82, 2.24) is 19.8 Å². The molecule has 0 radical (unpaired) electrons. The molecule has 0 fully saturated rings. The molecule has 0 saturated carbocycles. The summed E-state index contributed by atoms with van der Waals surface area (Å²) in [6.45, 7) is 3.99. The highest BCUT2D eigenvalue weighted by Gasteiger charge is 2.08. The van der Waals surface area contributed by atoms with E-state index in [0.29, 0.717) is 11.5 Å². The second-order valence-corrected chi connectivity index (χ2v) is 6.10. The predicted molar refractivity (Wildman–Crippen MR) is 102 cm³/mol. The summed E-state index contributed by atoms with van der Waals surface area (Å²) in [4.78, 5) is 12.2. The van der Waals surface area contributed by atoms with Gasteiger partial charge in [-0.1, -0.05) is 36.4 Å². The zero-order chi connectivity index (χ0) is 18.1. The summed E-state index contributed by atoms with van der Waals surface area (Å²) in [7, 11) is 0. The SMILES string of the molecule is Cc1cccc(NC(=O)/C=C/c2nnc3c4ccccc4cnn23)c1C. The van der Waals surface area contributed by atoms with E-state index >= 15 is 0 Å². The normalized spacial score (nSPS) is 11.5. The maximum atomic E-state index is 12.2. The fourth-order valence-electron chi connectivity index (χ4n) is 2.82. The van der Waals surface area contributed by atoms with E-state index in [4.69, 9.17) is 0 Å². The second kappa shape index (κ2) is 6.40. The van der Waals surface area contributed by atoms with Crippen LogP contribution < -0.4 is 5.32 Å². The number of benzene rings is 2. The topological polar surface area (TPSA) is 72.2 Å². The van der Waals surface area contributed by atoms with Crippen LogP contribution in [-0.4, -0.2) is 25.7 Å². The van der Waals surface area contributed by atoms with Gasteiger partial charge in [0.15, 0.2) is 11.5 Å². The molecule has 0 aliphatic carbocycles. The van der Waals surface area contributed by atoms with E-state index in [1.807, 2.05) is 56.3 Å². The number of hydrogen-bond donors (Lipinski definition) is 1. The van der Waals surface area contributed by atoms with E-state index in [-0.39, 0.29) is 5.91 Å². The van der Waals surface area contributed by atoms with E-state index in [1.165, 1.54) is 6.08 Å². The molecule has 26 heavy (non-hydrogen) atoms. The molecule has 0 aliphatic heterocycles. The van der Waals surface area contributed by atoms with Gasteiger partial charge in [-0.15, -0.1) is 10.2 Å². The molecule has 4 rings (SSSR count). The zero-order valence-corrected chi connectivity index (χ0v) is 14.5. The number of rotatable bonds is 3. The monoisotopic (exact) mass is 343 g/mol. The minimum atomic E-state index is -0.226. The Morgan fingerprint density at radius 2 is 1.92 bits per heavy atom. The largest absolute Gasteiger partial charge is 0.322 e. The number of fused-ring (bicyclic) bond motifs is 3. The highest BCUT2D eigenvalue weighted by atomic mass is 16.1. The Balaban J connectivity index is 1.61. The van der Waals surface area contributed by atoms with E-state index in [2.05, 4.69) is 20.6 Å². The van der Waals surface area contributed by atoms with Gasteiger partial charge in [0.25, 0.3) is 0 Å². The van der Waals surface area contributed by atoms with Gasteiger partial charge in [-0.2, -0.15) is 9.61 Å². The lowest BCUT2D eigenvalue weighted by Gasteiger charge is -2.08. The minimum absolute atomic E-state index is 0.226. The van der Waals surface area contributed by atoms with Crippen molar-refractivity contribution in [2.24, 2.45) is 0 Å². The molecule has 0 saturated heterocycles. The lowest BCUT2D eigenvalue weighted by molar-refractivity contribution is -0.111. The molecule has 0 bridgehead atoms. The molecule has 4 aromatic rings.